The zero-order valence-electron chi connectivity index (χ0n) is 13.6. The molecule has 2 rings (SSSR count). The highest BCUT2D eigenvalue weighted by atomic mass is 15.1. The van der Waals surface area contributed by atoms with Gasteiger partial charge < -0.3 is 5.32 Å². The summed E-state index contributed by atoms with van der Waals surface area (Å²) in [6.07, 6.45) is 2.70. The number of rotatable bonds is 4. The molecule has 0 amide bonds. The second-order valence-electron chi connectivity index (χ2n) is 7.36. The van der Waals surface area contributed by atoms with Crippen LogP contribution in [0.15, 0.2) is 24.3 Å². The number of benzene rings is 1. The third-order valence-corrected chi connectivity index (χ3v) is 4.05. The molecule has 0 bridgehead atoms. The average molecular weight is 274 g/mol. The van der Waals surface area contributed by atoms with Crippen LogP contribution < -0.4 is 5.32 Å². The minimum atomic E-state index is 0.235. The number of aryl methyl sites for hydroxylation is 1. The maximum absolute atomic E-state index is 3.66. The Morgan fingerprint density at radius 3 is 2.55 bits per heavy atom. The lowest BCUT2D eigenvalue weighted by Gasteiger charge is -2.34. The number of hydrogen-bond acceptors (Lipinski definition) is 2. The monoisotopic (exact) mass is 274 g/mol. The molecule has 1 atom stereocenters. The Morgan fingerprint density at radius 2 is 1.90 bits per heavy atom. The van der Waals surface area contributed by atoms with E-state index in [0.717, 1.165) is 19.0 Å². The molecule has 2 heteroatoms. The minimum absolute atomic E-state index is 0.235. The van der Waals surface area contributed by atoms with Crippen molar-refractivity contribution in [3.63, 3.8) is 0 Å². The molecule has 0 radical (unpaired) electrons. The number of hydrogen-bond donors (Lipinski definition) is 1. The van der Waals surface area contributed by atoms with Gasteiger partial charge in [-0.3, -0.25) is 4.90 Å². The van der Waals surface area contributed by atoms with Crippen LogP contribution >= 0.6 is 0 Å². The van der Waals surface area contributed by atoms with Crippen molar-refractivity contribution in [2.75, 3.05) is 19.6 Å². The molecular formula is C18H30N2. The van der Waals surface area contributed by atoms with Crippen molar-refractivity contribution in [2.24, 2.45) is 5.92 Å². The van der Waals surface area contributed by atoms with Gasteiger partial charge in [-0.2, -0.15) is 0 Å². The van der Waals surface area contributed by atoms with E-state index in [1.54, 1.807) is 0 Å². The third kappa shape index (κ3) is 5.26. The Labute approximate surface area is 124 Å². The lowest BCUT2D eigenvalue weighted by molar-refractivity contribution is 0.160. The zero-order valence-corrected chi connectivity index (χ0v) is 13.6. The van der Waals surface area contributed by atoms with E-state index in [0.29, 0.717) is 0 Å². The van der Waals surface area contributed by atoms with Crippen molar-refractivity contribution >= 4 is 0 Å². The molecule has 1 aliphatic rings. The summed E-state index contributed by atoms with van der Waals surface area (Å²) in [6, 6.07) is 8.98. The predicted octanol–water partition coefficient (Wildman–Crippen LogP) is 3.60. The first-order valence-corrected chi connectivity index (χ1v) is 7.95. The molecule has 0 aliphatic carbocycles. The molecule has 20 heavy (non-hydrogen) atoms. The molecule has 1 fully saturated rings. The molecule has 112 valence electrons. The van der Waals surface area contributed by atoms with Crippen LogP contribution in [0.3, 0.4) is 0 Å². The molecule has 0 aromatic heterocycles. The third-order valence-electron chi connectivity index (χ3n) is 4.05. The van der Waals surface area contributed by atoms with Crippen molar-refractivity contribution in [3.8, 4) is 0 Å². The van der Waals surface area contributed by atoms with Gasteiger partial charge in [0.25, 0.3) is 0 Å². The normalized spacial score (nSPS) is 21.1. The molecule has 2 nitrogen and oxygen atoms in total. The van der Waals surface area contributed by atoms with Crippen LogP contribution in [0.4, 0.5) is 0 Å². The molecule has 1 saturated heterocycles. The van der Waals surface area contributed by atoms with Gasteiger partial charge in [0.1, 0.15) is 0 Å². The molecule has 1 aliphatic heterocycles. The lowest BCUT2D eigenvalue weighted by atomic mass is 9.96. The summed E-state index contributed by atoms with van der Waals surface area (Å²) in [7, 11) is 0. The molecule has 0 spiro atoms. The fourth-order valence-electron chi connectivity index (χ4n) is 2.86. The quantitative estimate of drug-likeness (QED) is 0.902. The number of likely N-dealkylation sites (tertiary alicyclic amines) is 1. The second-order valence-corrected chi connectivity index (χ2v) is 7.36. The fraction of sp³-hybridized carbons (Fsp3) is 0.667. The smallest absolute Gasteiger partial charge is 0.0233 e. The average Bonchev–Trinajstić information content (AvgIpc) is 2.39. The van der Waals surface area contributed by atoms with Gasteiger partial charge in [-0.1, -0.05) is 29.8 Å². The van der Waals surface area contributed by atoms with E-state index >= 15 is 0 Å². The van der Waals surface area contributed by atoms with Gasteiger partial charge in [-0.15, -0.1) is 0 Å². The zero-order chi connectivity index (χ0) is 14.6. The van der Waals surface area contributed by atoms with Crippen molar-refractivity contribution in [2.45, 2.75) is 52.6 Å². The van der Waals surface area contributed by atoms with Crippen LogP contribution in [0.2, 0.25) is 0 Å². The summed E-state index contributed by atoms with van der Waals surface area (Å²) >= 11 is 0. The van der Waals surface area contributed by atoms with Crippen molar-refractivity contribution in [3.05, 3.63) is 35.4 Å². The molecule has 0 saturated carbocycles. The Hall–Kier alpha value is -0.860. The van der Waals surface area contributed by atoms with Crippen molar-refractivity contribution < 1.29 is 0 Å². The summed E-state index contributed by atoms with van der Waals surface area (Å²) < 4.78 is 0. The number of nitrogens with zero attached hydrogens (tertiary/aromatic N) is 1. The molecular weight excluding hydrogens is 244 g/mol. The SMILES string of the molecule is Cc1ccc(CN2CCCC(CNC(C)(C)C)C2)cc1. The highest BCUT2D eigenvalue weighted by Gasteiger charge is 2.21. The van der Waals surface area contributed by atoms with Gasteiger partial charge in [-0.05, 0) is 65.1 Å². The van der Waals surface area contributed by atoms with E-state index in [-0.39, 0.29) is 5.54 Å². The van der Waals surface area contributed by atoms with E-state index in [1.165, 1.54) is 37.1 Å². The molecule has 1 aromatic carbocycles. The lowest BCUT2D eigenvalue weighted by Crippen LogP contribution is -2.44. The predicted molar refractivity (Wildman–Crippen MR) is 86.9 cm³/mol. The Kier molecular flexibility index (Phi) is 5.22. The minimum Gasteiger partial charge on any atom is -0.312 e. The van der Waals surface area contributed by atoms with Crippen LogP contribution in [0.25, 0.3) is 0 Å². The Balaban J connectivity index is 1.82. The summed E-state index contributed by atoms with van der Waals surface area (Å²) in [4.78, 5) is 2.61. The summed E-state index contributed by atoms with van der Waals surface area (Å²) in [5.41, 5.74) is 3.03. The van der Waals surface area contributed by atoms with E-state index in [9.17, 15) is 0 Å². The van der Waals surface area contributed by atoms with Gasteiger partial charge in [0.2, 0.25) is 0 Å². The van der Waals surface area contributed by atoms with Crippen molar-refractivity contribution in [1.82, 2.24) is 10.2 Å². The highest BCUT2D eigenvalue weighted by molar-refractivity contribution is 5.21. The molecule has 1 unspecified atom stereocenters. The maximum atomic E-state index is 3.66. The first-order valence-electron chi connectivity index (χ1n) is 7.95. The maximum Gasteiger partial charge on any atom is 0.0233 e. The molecule has 1 heterocycles. The van der Waals surface area contributed by atoms with E-state index in [1.807, 2.05) is 0 Å². The summed E-state index contributed by atoms with van der Waals surface area (Å²) in [5.74, 6) is 0.799. The molecule has 1 N–H and O–H groups in total. The van der Waals surface area contributed by atoms with Crippen molar-refractivity contribution in [1.29, 1.82) is 0 Å². The van der Waals surface area contributed by atoms with Gasteiger partial charge in [-0.25, -0.2) is 0 Å². The van der Waals surface area contributed by atoms with Gasteiger partial charge in [0, 0.05) is 18.6 Å². The van der Waals surface area contributed by atoms with Crippen LogP contribution in [-0.2, 0) is 6.54 Å². The Bertz CT molecular complexity index is 402. The van der Waals surface area contributed by atoms with Crippen LogP contribution in [0.5, 0.6) is 0 Å². The summed E-state index contributed by atoms with van der Waals surface area (Å²) in [6.45, 7) is 13.6. The topological polar surface area (TPSA) is 15.3 Å². The van der Waals surface area contributed by atoms with E-state index in [2.05, 4.69) is 62.2 Å². The van der Waals surface area contributed by atoms with E-state index < -0.39 is 0 Å². The van der Waals surface area contributed by atoms with Gasteiger partial charge in [0.05, 0.1) is 0 Å². The summed E-state index contributed by atoms with van der Waals surface area (Å²) in [5, 5.41) is 3.66. The van der Waals surface area contributed by atoms with Crippen LogP contribution in [-0.4, -0.2) is 30.1 Å². The first kappa shape index (κ1) is 15.5. The standard InChI is InChI=1S/C18H30N2/c1-15-7-9-16(10-8-15)13-20-11-5-6-17(14-20)12-19-18(2,3)4/h7-10,17,19H,5-6,11-14H2,1-4H3. The van der Waals surface area contributed by atoms with Gasteiger partial charge in [0.15, 0.2) is 0 Å². The largest absolute Gasteiger partial charge is 0.312 e. The Morgan fingerprint density at radius 1 is 1.20 bits per heavy atom. The number of nitrogens with one attached hydrogen (secondary N) is 1. The second kappa shape index (κ2) is 6.73. The van der Waals surface area contributed by atoms with Crippen LogP contribution in [0, 0.1) is 12.8 Å². The molecule has 1 aromatic rings. The highest BCUT2D eigenvalue weighted by Crippen LogP contribution is 2.19. The van der Waals surface area contributed by atoms with Crippen LogP contribution in [0.1, 0.15) is 44.7 Å². The van der Waals surface area contributed by atoms with E-state index in [4.69, 9.17) is 0 Å². The fourth-order valence-corrected chi connectivity index (χ4v) is 2.86. The first-order chi connectivity index (χ1) is 9.42. The number of piperidine rings is 1. The van der Waals surface area contributed by atoms with Gasteiger partial charge >= 0.3 is 0 Å².